The number of aromatic nitrogens is 1. The van der Waals surface area contributed by atoms with Crippen molar-refractivity contribution in [2.24, 2.45) is 5.41 Å². The minimum absolute atomic E-state index is 0. The molecule has 0 saturated carbocycles. The highest BCUT2D eigenvalue weighted by Crippen LogP contribution is 2.29. The number of para-hydroxylation sites is 1. The van der Waals surface area contributed by atoms with E-state index in [1.54, 1.807) is 31.5 Å². The number of rotatable bonds is 6. The number of hydrogen-bond donors (Lipinski definition) is 2. The molecule has 1 aliphatic heterocycles. The van der Waals surface area contributed by atoms with Gasteiger partial charge in [-0.25, -0.2) is 13.1 Å². The van der Waals surface area contributed by atoms with E-state index in [1.807, 2.05) is 12.1 Å². The molecule has 1 aliphatic rings. The van der Waals surface area contributed by atoms with Crippen LogP contribution in [0.4, 0.5) is 0 Å². The van der Waals surface area contributed by atoms with Crippen LogP contribution in [-0.4, -0.2) is 46.8 Å². The van der Waals surface area contributed by atoms with Crippen molar-refractivity contribution in [2.75, 3.05) is 33.4 Å². The van der Waals surface area contributed by atoms with Crippen LogP contribution in [0.15, 0.2) is 41.4 Å². The van der Waals surface area contributed by atoms with Crippen molar-refractivity contribution >= 4 is 33.3 Å². The number of nitrogens with one attached hydrogen (secondary N) is 2. The Morgan fingerprint density at radius 3 is 2.68 bits per heavy atom. The number of hydrogen-bond acceptors (Lipinski definition) is 5. The SMILES string of the molecule is COCC1(CNS(=O)(=O)c2cccc3cccnc23)CCNCC1.Cl. The summed E-state index contributed by atoms with van der Waals surface area (Å²) in [6.07, 6.45) is 3.38. The first-order chi connectivity index (χ1) is 11.6. The van der Waals surface area contributed by atoms with E-state index >= 15 is 0 Å². The number of piperidine rings is 1. The van der Waals surface area contributed by atoms with Crippen molar-refractivity contribution in [1.82, 2.24) is 15.0 Å². The summed E-state index contributed by atoms with van der Waals surface area (Å²) in [5.41, 5.74) is 0.337. The number of halogens is 1. The fourth-order valence-corrected chi connectivity index (χ4v) is 4.59. The van der Waals surface area contributed by atoms with Crippen LogP contribution in [0.5, 0.6) is 0 Å². The van der Waals surface area contributed by atoms with Crippen molar-refractivity contribution in [2.45, 2.75) is 17.7 Å². The predicted molar refractivity (Wildman–Crippen MR) is 101 cm³/mol. The van der Waals surface area contributed by atoms with Crippen LogP contribution in [0.1, 0.15) is 12.8 Å². The molecule has 0 unspecified atom stereocenters. The molecule has 2 aromatic rings. The van der Waals surface area contributed by atoms with Crippen LogP contribution in [0.25, 0.3) is 10.9 Å². The molecule has 2 heterocycles. The van der Waals surface area contributed by atoms with Crippen molar-refractivity contribution in [1.29, 1.82) is 0 Å². The molecular formula is C17H24ClN3O3S. The molecule has 1 fully saturated rings. The second-order valence-corrected chi connectivity index (χ2v) is 8.07. The molecule has 0 spiro atoms. The Bertz CT molecular complexity index is 797. The highest BCUT2D eigenvalue weighted by molar-refractivity contribution is 7.89. The van der Waals surface area contributed by atoms with E-state index in [4.69, 9.17) is 4.74 Å². The Morgan fingerprint density at radius 1 is 1.24 bits per heavy atom. The van der Waals surface area contributed by atoms with Crippen molar-refractivity contribution < 1.29 is 13.2 Å². The van der Waals surface area contributed by atoms with Gasteiger partial charge >= 0.3 is 0 Å². The summed E-state index contributed by atoms with van der Waals surface area (Å²) in [4.78, 5) is 4.47. The van der Waals surface area contributed by atoms with Gasteiger partial charge in [-0.3, -0.25) is 4.98 Å². The van der Waals surface area contributed by atoms with Gasteiger partial charge in [-0.15, -0.1) is 12.4 Å². The highest BCUT2D eigenvalue weighted by Gasteiger charge is 2.34. The van der Waals surface area contributed by atoms with Gasteiger partial charge in [0.15, 0.2) is 0 Å². The molecule has 2 N–H and O–H groups in total. The molecule has 0 bridgehead atoms. The Labute approximate surface area is 154 Å². The van der Waals surface area contributed by atoms with Crippen LogP contribution < -0.4 is 10.0 Å². The number of pyridine rings is 1. The minimum Gasteiger partial charge on any atom is -0.384 e. The zero-order valence-electron chi connectivity index (χ0n) is 14.2. The Balaban J connectivity index is 0.00000225. The van der Waals surface area contributed by atoms with E-state index in [0.717, 1.165) is 31.3 Å². The zero-order valence-corrected chi connectivity index (χ0v) is 15.8. The molecular weight excluding hydrogens is 362 g/mol. The lowest BCUT2D eigenvalue weighted by molar-refractivity contribution is 0.0577. The monoisotopic (exact) mass is 385 g/mol. The molecule has 138 valence electrons. The first kappa shape index (κ1) is 20.1. The summed E-state index contributed by atoms with van der Waals surface area (Å²) in [5.74, 6) is 0. The van der Waals surface area contributed by atoms with Gasteiger partial charge in [0.25, 0.3) is 0 Å². The fraction of sp³-hybridized carbons (Fsp3) is 0.471. The van der Waals surface area contributed by atoms with Crippen LogP contribution >= 0.6 is 12.4 Å². The Hall–Kier alpha value is -1.25. The average Bonchev–Trinajstić information content (AvgIpc) is 2.61. The molecule has 0 amide bonds. The van der Waals surface area contributed by atoms with Crippen LogP contribution in [0.3, 0.4) is 0 Å². The molecule has 0 aliphatic carbocycles. The number of nitrogens with zero attached hydrogens (tertiary/aromatic N) is 1. The zero-order chi connectivity index (χ0) is 17.0. The lowest BCUT2D eigenvalue weighted by atomic mass is 9.80. The standard InChI is InChI=1S/C17H23N3O3S.ClH/c1-23-13-17(7-10-18-11-8-17)12-20-24(21,22)15-6-2-4-14-5-3-9-19-16(14)15;/h2-6,9,18,20H,7-8,10-13H2,1H3;1H. The minimum atomic E-state index is -3.63. The van der Waals surface area contributed by atoms with Gasteiger partial charge in [0.2, 0.25) is 10.0 Å². The van der Waals surface area contributed by atoms with Gasteiger partial charge in [0.05, 0.1) is 12.1 Å². The maximum absolute atomic E-state index is 12.8. The van der Waals surface area contributed by atoms with E-state index in [9.17, 15) is 8.42 Å². The topological polar surface area (TPSA) is 80.3 Å². The summed E-state index contributed by atoms with van der Waals surface area (Å²) >= 11 is 0. The summed E-state index contributed by atoms with van der Waals surface area (Å²) in [5, 5.41) is 4.12. The van der Waals surface area contributed by atoms with Crippen LogP contribution in [-0.2, 0) is 14.8 Å². The molecule has 1 aromatic carbocycles. The van der Waals surface area contributed by atoms with Crippen LogP contribution in [0, 0.1) is 5.41 Å². The summed E-state index contributed by atoms with van der Waals surface area (Å²) in [6.45, 7) is 2.67. The number of sulfonamides is 1. The van der Waals surface area contributed by atoms with Crippen molar-refractivity contribution in [3.05, 3.63) is 36.5 Å². The quantitative estimate of drug-likeness (QED) is 0.794. The largest absolute Gasteiger partial charge is 0.384 e. The maximum atomic E-state index is 12.8. The molecule has 0 radical (unpaired) electrons. The third-order valence-corrected chi connectivity index (χ3v) is 6.07. The lowest BCUT2D eigenvalue weighted by Gasteiger charge is -2.37. The Morgan fingerprint density at radius 2 is 1.96 bits per heavy atom. The third-order valence-electron chi connectivity index (χ3n) is 4.64. The van der Waals surface area contributed by atoms with Crippen molar-refractivity contribution in [3.63, 3.8) is 0 Å². The van der Waals surface area contributed by atoms with Crippen LogP contribution in [0.2, 0.25) is 0 Å². The number of benzene rings is 1. The molecule has 1 aromatic heterocycles. The van der Waals surface area contributed by atoms with Gasteiger partial charge in [-0.2, -0.15) is 0 Å². The molecule has 6 nitrogen and oxygen atoms in total. The first-order valence-electron chi connectivity index (χ1n) is 8.09. The smallest absolute Gasteiger partial charge is 0.242 e. The lowest BCUT2D eigenvalue weighted by Crippen LogP contribution is -2.47. The van der Waals surface area contributed by atoms with E-state index in [-0.39, 0.29) is 22.7 Å². The summed E-state index contributed by atoms with van der Waals surface area (Å²) < 4.78 is 33.8. The van der Waals surface area contributed by atoms with E-state index < -0.39 is 10.0 Å². The van der Waals surface area contributed by atoms with Crippen molar-refractivity contribution in [3.8, 4) is 0 Å². The van der Waals surface area contributed by atoms with E-state index in [1.165, 1.54) is 0 Å². The molecule has 25 heavy (non-hydrogen) atoms. The number of ether oxygens (including phenoxy) is 1. The molecule has 1 saturated heterocycles. The molecule has 0 atom stereocenters. The average molecular weight is 386 g/mol. The predicted octanol–water partition coefficient (Wildman–Crippen LogP) is 1.95. The number of methoxy groups -OCH3 is 1. The Kier molecular flexibility index (Phi) is 6.76. The summed E-state index contributed by atoms with van der Waals surface area (Å²) in [7, 11) is -1.97. The maximum Gasteiger partial charge on any atom is 0.242 e. The normalized spacial score (nSPS) is 17.2. The van der Waals surface area contributed by atoms with Gasteiger partial charge < -0.3 is 10.1 Å². The van der Waals surface area contributed by atoms with Gasteiger partial charge in [-0.05, 0) is 38.1 Å². The van der Waals surface area contributed by atoms with E-state index in [0.29, 0.717) is 18.7 Å². The van der Waals surface area contributed by atoms with Gasteiger partial charge in [-0.1, -0.05) is 18.2 Å². The number of fused-ring (bicyclic) bond motifs is 1. The fourth-order valence-electron chi connectivity index (χ4n) is 3.25. The molecule has 8 heteroatoms. The second kappa shape index (κ2) is 8.42. The third kappa shape index (κ3) is 4.48. The summed E-state index contributed by atoms with van der Waals surface area (Å²) in [6, 6.07) is 8.87. The van der Waals surface area contributed by atoms with E-state index in [2.05, 4.69) is 15.0 Å². The highest BCUT2D eigenvalue weighted by atomic mass is 35.5. The molecule has 3 rings (SSSR count). The van der Waals surface area contributed by atoms with Gasteiger partial charge in [0, 0.05) is 30.7 Å². The van der Waals surface area contributed by atoms with Gasteiger partial charge in [0.1, 0.15) is 4.90 Å². The second-order valence-electron chi connectivity index (χ2n) is 6.34. The first-order valence-corrected chi connectivity index (χ1v) is 9.58.